The highest BCUT2D eigenvalue weighted by atomic mass is 19.1. The second-order valence-electron chi connectivity index (χ2n) is 4.64. The molecule has 0 saturated heterocycles. The number of esters is 1. The zero-order valence-electron chi connectivity index (χ0n) is 11.8. The fourth-order valence-electron chi connectivity index (χ4n) is 2.06. The summed E-state index contributed by atoms with van der Waals surface area (Å²) < 4.78 is 25.3. The number of rotatable bonds is 4. The molecule has 0 amide bonds. The fraction of sp³-hybridized carbons (Fsp3) is 0.125. The monoisotopic (exact) mass is 300 g/mol. The average Bonchev–Trinajstić information content (AvgIpc) is 2.97. The van der Waals surface area contributed by atoms with Gasteiger partial charge in [-0.05, 0) is 29.8 Å². The van der Waals surface area contributed by atoms with Gasteiger partial charge in [-0.25, -0.2) is 14.2 Å². The van der Waals surface area contributed by atoms with Crippen LogP contribution in [-0.4, -0.2) is 22.5 Å². The molecule has 3 rings (SSSR count). The Hall–Kier alpha value is -2.89. The molecule has 0 unspecified atom stereocenters. The largest absolute Gasteiger partial charge is 0.494 e. The first kappa shape index (κ1) is 14.1. The molecule has 22 heavy (non-hydrogen) atoms. The van der Waals surface area contributed by atoms with Gasteiger partial charge in [0.2, 0.25) is 0 Å². The summed E-state index contributed by atoms with van der Waals surface area (Å²) in [5.74, 6) is -0.904. The number of aromatic nitrogens is 2. The number of imidazole rings is 1. The van der Waals surface area contributed by atoms with Crippen LogP contribution < -0.4 is 4.74 Å². The molecular weight excluding hydrogens is 287 g/mol. The zero-order chi connectivity index (χ0) is 15.5. The Bertz CT molecular complexity index is 796. The molecule has 112 valence electrons. The van der Waals surface area contributed by atoms with E-state index in [2.05, 4.69) is 4.98 Å². The third-order valence-electron chi connectivity index (χ3n) is 3.16. The van der Waals surface area contributed by atoms with Crippen LogP contribution in [0.5, 0.6) is 5.75 Å². The predicted octanol–water partition coefficient (Wildman–Crippen LogP) is 2.84. The van der Waals surface area contributed by atoms with Crippen LogP contribution in [0, 0.1) is 5.82 Å². The first-order valence-corrected chi connectivity index (χ1v) is 6.60. The summed E-state index contributed by atoms with van der Waals surface area (Å²) in [5, 5.41) is 0. The number of fused-ring (bicyclic) bond motifs is 1. The average molecular weight is 300 g/mol. The number of methoxy groups -OCH3 is 1. The molecular formula is C16H13FN2O3. The Kier molecular flexibility index (Phi) is 3.74. The first-order chi connectivity index (χ1) is 10.7. The van der Waals surface area contributed by atoms with Gasteiger partial charge >= 0.3 is 5.97 Å². The third kappa shape index (κ3) is 2.76. The quantitative estimate of drug-likeness (QED) is 0.695. The minimum absolute atomic E-state index is 0.0341. The van der Waals surface area contributed by atoms with Gasteiger partial charge in [0, 0.05) is 12.4 Å². The lowest BCUT2D eigenvalue weighted by Crippen LogP contribution is -2.06. The van der Waals surface area contributed by atoms with E-state index in [9.17, 15) is 9.18 Å². The number of carbonyl (C=O) groups excluding carboxylic acids is 1. The van der Waals surface area contributed by atoms with Crippen LogP contribution >= 0.6 is 0 Å². The lowest BCUT2D eigenvalue weighted by atomic mass is 10.2. The van der Waals surface area contributed by atoms with Crippen molar-refractivity contribution in [3.8, 4) is 5.75 Å². The van der Waals surface area contributed by atoms with Gasteiger partial charge in [-0.3, -0.25) is 0 Å². The molecule has 6 heteroatoms. The van der Waals surface area contributed by atoms with Crippen molar-refractivity contribution < 1.29 is 18.7 Å². The van der Waals surface area contributed by atoms with E-state index in [4.69, 9.17) is 9.47 Å². The molecule has 0 spiro atoms. The maximum atomic E-state index is 13.6. The van der Waals surface area contributed by atoms with Gasteiger partial charge in [0.15, 0.2) is 17.3 Å². The number of hydrogen-bond acceptors (Lipinski definition) is 4. The van der Waals surface area contributed by atoms with Crippen molar-refractivity contribution in [3.63, 3.8) is 0 Å². The second-order valence-corrected chi connectivity index (χ2v) is 4.64. The van der Waals surface area contributed by atoms with Gasteiger partial charge < -0.3 is 13.9 Å². The fourth-order valence-corrected chi connectivity index (χ4v) is 2.06. The molecule has 0 aliphatic rings. The van der Waals surface area contributed by atoms with Gasteiger partial charge in [0.05, 0.1) is 7.11 Å². The molecule has 5 nitrogen and oxygen atoms in total. The number of ether oxygens (including phenoxy) is 2. The van der Waals surface area contributed by atoms with E-state index in [1.165, 1.54) is 19.2 Å². The lowest BCUT2D eigenvalue weighted by Gasteiger charge is -2.05. The summed E-state index contributed by atoms with van der Waals surface area (Å²) in [7, 11) is 1.39. The molecule has 2 aromatic heterocycles. The normalized spacial score (nSPS) is 10.6. The van der Waals surface area contributed by atoms with Gasteiger partial charge in [0.1, 0.15) is 12.3 Å². The highest BCUT2D eigenvalue weighted by Gasteiger charge is 2.13. The summed E-state index contributed by atoms with van der Waals surface area (Å²) in [5.41, 5.74) is 1.40. The predicted molar refractivity (Wildman–Crippen MR) is 77.3 cm³/mol. The van der Waals surface area contributed by atoms with E-state index < -0.39 is 11.8 Å². The van der Waals surface area contributed by atoms with E-state index in [0.717, 1.165) is 0 Å². The number of carbonyl (C=O) groups is 1. The minimum Gasteiger partial charge on any atom is -0.494 e. The Labute approximate surface area is 125 Å². The number of benzene rings is 1. The third-order valence-corrected chi connectivity index (χ3v) is 3.16. The number of hydrogen-bond donors (Lipinski definition) is 0. The SMILES string of the molecule is COc1ccc(COC(=O)c2cn3ccccc3n2)cc1F. The molecule has 0 radical (unpaired) electrons. The number of halogens is 1. The van der Waals surface area contributed by atoms with Crippen LogP contribution in [0.2, 0.25) is 0 Å². The first-order valence-electron chi connectivity index (χ1n) is 6.60. The highest BCUT2D eigenvalue weighted by molar-refractivity contribution is 5.87. The van der Waals surface area contributed by atoms with Crippen molar-refractivity contribution in [3.05, 3.63) is 65.9 Å². The molecule has 0 fully saturated rings. The molecule has 0 bridgehead atoms. The van der Waals surface area contributed by atoms with Crippen molar-refractivity contribution in [2.75, 3.05) is 7.11 Å². The van der Waals surface area contributed by atoms with Crippen LogP contribution in [0.4, 0.5) is 4.39 Å². The summed E-state index contributed by atoms with van der Waals surface area (Å²) in [4.78, 5) is 16.1. The van der Waals surface area contributed by atoms with Gasteiger partial charge in [-0.15, -0.1) is 0 Å². The van der Waals surface area contributed by atoms with E-state index in [1.54, 1.807) is 28.9 Å². The van der Waals surface area contributed by atoms with Crippen molar-refractivity contribution in [2.24, 2.45) is 0 Å². The standard InChI is InChI=1S/C16H13FN2O3/c1-21-14-6-5-11(8-12(14)17)10-22-16(20)13-9-19-7-3-2-4-15(19)18-13/h2-9H,10H2,1H3. The number of nitrogens with zero attached hydrogens (tertiary/aromatic N) is 2. The summed E-state index contributed by atoms with van der Waals surface area (Å²) in [6.07, 6.45) is 3.38. The molecule has 2 heterocycles. The maximum Gasteiger partial charge on any atom is 0.358 e. The molecule has 1 aromatic carbocycles. The van der Waals surface area contributed by atoms with Gasteiger partial charge in [0.25, 0.3) is 0 Å². The van der Waals surface area contributed by atoms with Crippen molar-refractivity contribution >= 4 is 11.6 Å². The lowest BCUT2D eigenvalue weighted by molar-refractivity contribution is 0.0466. The topological polar surface area (TPSA) is 52.8 Å². The van der Waals surface area contributed by atoms with E-state index >= 15 is 0 Å². The maximum absolute atomic E-state index is 13.6. The highest BCUT2D eigenvalue weighted by Crippen LogP contribution is 2.18. The van der Waals surface area contributed by atoms with E-state index in [-0.39, 0.29) is 18.1 Å². The molecule has 0 atom stereocenters. The van der Waals surface area contributed by atoms with Crippen molar-refractivity contribution in [2.45, 2.75) is 6.61 Å². The molecule has 0 aliphatic heterocycles. The molecule has 0 N–H and O–H groups in total. The zero-order valence-corrected chi connectivity index (χ0v) is 11.8. The molecule has 0 saturated carbocycles. The summed E-state index contributed by atoms with van der Waals surface area (Å²) >= 11 is 0. The van der Waals surface area contributed by atoms with Crippen LogP contribution in [0.3, 0.4) is 0 Å². The summed E-state index contributed by atoms with van der Waals surface area (Å²) in [6.45, 7) is -0.0341. The van der Waals surface area contributed by atoms with Crippen LogP contribution in [0.1, 0.15) is 16.1 Å². The van der Waals surface area contributed by atoms with Crippen LogP contribution in [0.15, 0.2) is 48.8 Å². The smallest absolute Gasteiger partial charge is 0.358 e. The van der Waals surface area contributed by atoms with Crippen LogP contribution in [-0.2, 0) is 11.3 Å². The Balaban J connectivity index is 1.70. The van der Waals surface area contributed by atoms with Gasteiger partial charge in [-0.2, -0.15) is 0 Å². The Morgan fingerprint density at radius 3 is 2.91 bits per heavy atom. The summed E-state index contributed by atoms with van der Waals surface area (Å²) in [6, 6.07) is 9.86. The Morgan fingerprint density at radius 1 is 1.32 bits per heavy atom. The van der Waals surface area contributed by atoms with E-state index in [1.807, 2.05) is 12.1 Å². The van der Waals surface area contributed by atoms with Crippen molar-refractivity contribution in [1.82, 2.24) is 9.38 Å². The number of pyridine rings is 1. The minimum atomic E-state index is -0.556. The molecule has 3 aromatic rings. The Morgan fingerprint density at radius 2 is 2.18 bits per heavy atom. The van der Waals surface area contributed by atoms with Crippen LogP contribution in [0.25, 0.3) is 5.65 Å². The van der Waals surface area contributed by atoms with Crippen molar-refractivity contribution in [1.29, 1.82) is 0 Å². The second kappa shape index (κ2) is 5.85. The van der Waals surface area contributed by atoms with E-state index in [0.29, 0.717) is 11.2 Å². The van der Waals surface area contributed by atoms with Gasteiger partial charge in [-0.1, -0.05) is 12.1 Å². The molecule has 0 aliphatic carbocycles.